The number of amides is 2. The third-order valence-corrected chi connectivity index (χ3v) is 7.66. The second kappa shape index (κ2) is 9.70. The minimum Gasteiger partial charge on any atom is -0.372 e. The first-order valence-corrected chi connectivity index (χ1v) is 12.6. The van der Waals surface area contributed by atoms with Gasteiger partial charge in [-0.2, -0.15) is 10.4 Å². The van der Waals surface area contributed by atoms with Crippen LogP contribution in [-0.2, 0) is 16.9 Å². The Morgan fingerprint density at radius 2 is 1.80 bits per heavy atom. The number of nitrogens with one attached hydrogen (secondary N) is 1. The number of rotatable bonds is 8. The Bertz CT molecular complexity index is 1120. The molecular weight excluding hydrogens is 442 g/mol. The van der Waals surface area contributed by atoms with Crippen LogP contribution in [-0.4, -0.2) is 52.7 Å². The number of primary amides is 1. The third kappa shape index (κ3) is 5.03. The van der Waals surface area contributed by atoms with E-state index in [9.17, 15) is 14.9 Å². The van der Waals surface area contributed by atoms with Gasteiger partial charge in [0.25, 0.3) is 5.91 Å². The lowest BCUT2D eigenvalue weighted by atomic mass is 9.84. The van der Waals surface area contributed by atoms with Crippen LogP contribution in [0.25, 0.3) is 0 Å². The molecule has 2 amide bonds. The number of nitriles is 1. The standard InChI is InChI=1S/C26H33N7O2/c27-12-9-26(33-18-22(23(28)34)24(30-33)29-25(35)20-5-6-20)10-15-31(16-11-26)17-19-3-7-21(8-4-19)32-13-1-2-14-32/h3-4,7-8,18,20H,1-2,5-6,9-11,13-17H2,(H2,28,34)(H,29,30,35). The first kappa shape index (κ1) is 23.4. The van der Waals surface area contributed by atoms with E-state index in [1.54, 1.807) is 10.9 Å². The zero-order chi connectivity index (χ0) is 24.4. The highest BCUT2D eigenvalue weighted by molar-refractivity contribution is 6.02. The van der Waals surface area contributed by atoms with Gasteiger partial charge in [-0.3, -0.25) is 19.2 Å². The molecular formula is C26H33N7O2. The predicted octanol–water partition coefficient (Wildman–Crippen LogP) is 2.84. The minimum atomic E-state index is -0.635. The summed E-state index contributed by atoms with van der Waals surface area (Å²) in [4.78, 5) is 29.2. The fraction of sp³-hybridized carbons (Fsp3) is 0.538. The van der Waals surface area contributed by atoms with Crippen LogP contribution in [0.1, 0.15) is 60.9 Å². The molecule has 5 rings (SSSR count). The molecule has 9 nitrogen and oxygen atoms in total. The van der Waals surface area contributed by atoms with Crippen LogP contribution in [0.4, 0.5) is 11.5 Å². The summed E-state index contributed by atoms with van der Waals surface area (Å²) in [7, 11) is 0. The van der Waals surface area contributed by atoms with Gasteiger partial charge in [-0.1, -0.05) is 12.1 Å². The number of anilines is 2. The average Bonchev–Trinajstić information content (AvgIpc) is 3.39. The Labute approximate surface area is 205 Å². The van der Waals surface area contributed by atoms with Gasteiger partial charge in [0.05, 0.1) is 18.0 Å². The van der Waals surface area contributed by atoms with Crippen molar-refractivity contribution in [1.82, 2.24) is 14.7 Å². The lowest BCUT2D eigenvalue weighted by Crippen LogP contribution is -2.46. The summed E-state index contributed by atoms with van der Waals surface area (Å²) in [5.41, 5.74) is 7.82. The summed E-state index contributed by atoms with van der Waals surface area (Å²) in [6.45, 7) is 4.76. The molecule has 0 spiro atoms. The molecule has 3 aliphatic rings. The van der Waals surface area contributed by atoms with Crippen molar-refractivity contribution in [3.8, 4) is 6.07 Å². The normalized spacial score (nSPS) is 19.9. The number of carbonyl (C=O) groups excluding carboxylic acids is 2. The van der Waals surface area contributed by atoms with E-state index in [0.717, 1.165) is 58.4 Å². The van der Waals surface area contributed by atoms with E-state index < -0.39 is 11.4 Å². The Hall–Kier alpha value is -3.38. The number of nitrogens with zero attached hydrogens (tertiary/aromatic N) is 5. The summed E-state index contributed by atoms with van der Waals surface area (Å²) in [6, 6.07) is 11.2. The van der Waals surface area contributed by atoms with E-state index in [4.69, 9.17) is 5.73 Å². The first-order chi connectivity index (χ1) is 17.0. The predicted molar refractivity (Wildman–Crippen MR) is 133 cm³/mol. The first-order valence-electron chi connectivity index (χ1n) is 12.6. The topological polar surface area (TPSA) is 120 Å². The molecule has 35 heavy (non-hydrogen) atoms. The number of hydrogen-bond acceptors (Lipinski definition) is 6. The summed E-state index contributed by atoms with van der Waals surface area (Å²) >= 11 is 0. The highest BCUT2D eigenvalue weighted by atomic mass is 16.2. The van der Waals surface area contributed by atoms with Crippen LogP contribution in [0.3, 0.4) is 0 Å². The maximum absolute atomic E-state index is 12.3. The number of hydrogen-bond donors (Lipinski definition) is 2. The van der Waals surface area contributed by atoms with Crippen molar-refractivity contribution in [2.24, 2.45) is 11.7 Å². The molecule has 184 valence electrons. The monoisotopic (exact) mass is 475 g/mol. The molecule has 3 fully saturated rings. The van der Waals surface area contributed by atoms with Gasteiger partial charge >= 0.3 is 0 Å². The number of likely N-dealkylation sites (tertiary alicyclic amines) is 1. The number of carbonyl (C=O) groups is 2. The maximum Gasteiger partial charge on any atom is 0.254 e. The van der Waals surface area contributed by atoms with Gasteiger partial charge in [0.1, 0.15) is 5.56 Å². The van der Waals surface area contributed by atoms with E-state index in [-0.39, 0.29) is 29.6 Å². The van der Waals surface area contributed by atoms with Crippen molar-refractivity contribution in [3.05, 3.63) is 41.6 Å². The maximum atomic E-state index is 12.3. The third-order valence-electron chi connectivity index (χ3n) is 7.66. The van der Waals surface area contributed by atoms with E-state index in [2.05, 4.69) is 50.5 Å². The van der Waals surface area contributed by atoms with Crippen molar-refractivity contribution in [1.29, 1.82) is 5.26 Å². The molecule has 1 aliphatic carbocycles. The van der Waals surface area contributed by atoms with Crippen LogP contribution in [0.2, 0.25) is 0 Å². The Morgan fingerprint density at radius 3 is 2.40 bits per heavy atom. The molecule has 0 unspecified atom stereocenters. The molecule has 3 N–H and O–H groups in total. The van der Waals surface area contributed by atoms with Gasteiger partial charge in [-0.15, -0.1) is 0 Å². The smallest absolute Gasteiger partial charge is 0.254 e. The van der Waals surface area contributed by atoms with Crippen LogP contribution in [0.15, 0.2) is 30.5 Å². The Balaban J connectivity index is 1.27. The van der Waals surface area contributed by atoms with Crippen molar-refractivity contribution in [2.75, 3.05) is 36.4 Å². The van der Waals surface area contributed by atoms with Crippen molar-refractivity contribution >= 4 is 23.3 Å². The lowest BCUT2D eigenvalue weighted by molar-refractivity contribution is -0.117. The summed E-state index contributed by atoms with van der Waals surface area (Å²) in [5.74, 6) is -0.573. The highest BCUT2D eigenvalue weighted by Crippen LogP contribution is 2.36. The number of aromatic nitrogens is 2. The Morgan fingerprint density at radius 1 is 1.11 bits per heavy atom. The van der Waals surface area contributed by atoms with E-state index >= 15 is 0 Å². The molecule has 2 saturated heterocycles. The molecule has 2 aromatic rings. The molecule has 1 aromatic carbocycles. The SMILES string of the molecule is N#CCC1(n2cc(C(N)=O)c(NC(=O)C3CC3)n2)CCN(Cc2ccc(N3CCCC3)cc2)CC1. The average molecular weight is 476 g/mol. The molecule has 3 heterocycles. The molecule has 0 bridgehead atoms. The zero-order valence-electron chi connectivity index (χ0n) is 20.1. The van der Waals surface area contributed by atoms with E-state index in [1.807, 2.05) is 0 Å². The van der Waals surface area contributed by atoms with Crippen molar-refractivity contribution < 1.29 is 9.59 Å². The largest absolute Gasteiger partial charge is 0.372 e. The van der Waals surface area contributed by atoms with Crippen LogP contribution < -0.4 is 16.0 Å². The van der Waals surface area contributed by atoms with Crippen LogP contribution >= 0.6 is 0 Å². The van der Waals surface area contributed by atoms with Crippen LogP contribution in [0.5, 0.6) is 0 Å². The minimum absolute atomic E-state index is 0.0124. The van der Waals surface area contributed by atoms with E-state index in [1.165, 1.54) is 24.1 Å². The summed E-state index contributed by atoms with van der Waals surface area (Å²) < 4.78 is 1.71. The van der Waals surface area contributed by atoms with Gasteiger partial charge < -0.3 is 16.0 Å². The number of nitrogens with two attached hydrogens (primary N) is 1. The van der Waals surface area contributed by atoms with Gasteiger partial charge in [0, 0.05) is 50.5 Å². The molecule has 2 aliphatic heterocycles. The molecule has 0 atom stereocenters. The molecule has 9 heteroatoms. The molecule has 0 radical (unpaired) electrons. The summed E-state index contributed by atoms with van der Waals surface area (Å²) in [5, 5.41) is 16.9. The summed E-state index contributed by atoms with van der Waals surface area (Å²) in [6.07, 6.45) is 7.58. The van der Waals surface area contributed by atoms with Gasteiger partial charge in [-0.05, 0) is 56.2 Å². The molecule has 1 aromatic heterocycles. The highest BCUT2D eigenvalue weighted by Gasteiger charge is 2.39. The molecule has 1 saturated carbocycles. The van der Waals surface area contributed by atoms with E-state index in [0.29, 0.717) is 0 Å². The number of benzene rings is 1. The second-order valence-corrected chi connectivity index (χ2v) is 10.2. The quantitative estimate of drug-likeness (QED) is 0.606. The van der Waals surface area contributed by atoms with Crippen LogP contribution in [0, 0.1) is 17.2 Å². The number of piperidine rings is 1. The second-order valence-electron chi connectivity index (χ2n) is 10.2. The fourth-order valence-corrected chi connectivity index (χ4v) is 5.26. The van der Waals surface area contributed by atoms with Gasteiger partial charge in [-0.25, -0.2) is 0 Å². The van der Waals surface area contributed by atoms with Gasteiger partial charge in [0.15, 0.2) is 5.82 Å². The van der Waals surface area contributed by atoms with Crippen molar-refractivity contribution in [2.45, 2.75) is 57.0 Å². The zero-order valence-corrected chi connectivity index (χ0v) is 20.1. The van der Waals surface area contributed by atoms with Gasteiger partial charge in [0.2, 0.25) is 5.91 Å². The Kier molecular flexibility index (Phi) is 6.48. The van der Waals surface area contributed by atoms with Crippen molar-refractivity contribution in [3.63, 3.8) is 0 Å². The lowest BCUT2D eigenvalue weighted by Gasteiger charge is -2.40. The fourth-order valence-electron chi connectivity index (χ4n) is 5.26.